The average molecular weight is 620 g/mol. The van der Waals surface area contributed by atoms with E-state index in [2.05, 4.69) is 12.6 Å². The molecule has 0 aliphatic heterocycles. The molecule has 32 heavy (non-hydrogen) atoms. The predicted molar refractivity (Wildman–Crippen MR) is 73.5 cm³/mol. The van der Waals surface area contributed by atoms with Gasteiger partial charge >= 0.3 is 148 Å². The number of thiol groups is 1. The molecule has 0 saturated carbocycles. The van der Waals surface area contributed by atoms with Crippen molar-refractivity contribution in [2.24, 2.45) is 0 Å². The van der Waals surface area contributed by atoms with Crippen LogP contribution >= 0.6 is 12.6 Å². The molecule has 1 aromatic carbocycles. The summed E-state index contributed by atoms with van der Waals surface area (Å²) in [6.07, 6.45) is 0. The van der Waals surface area contributed by atoms with Crippen LogP contribution in [0, 0.1) is 0 Å². The predicted octanol–water partition coefficient (Wildman–Crippen LogP) is -18.5. The third-order valence-electron chi connectivity index (χ3n) is 2.51. The molecule has 15 nitrogen and oxygen atoms in total. The van der Waals surface area contributed by atoms with Gasteiger partial charge in [0.2, 0.25) is 0 Å². The second kappa shape index (κ2) is 15.1. The number of benzene rings is 1. The molecule has 0 saturated heterocycles. The van der Waals surface area contributed by atoms with E-state index in [1.165, 1.54) is 0 Å². The fraction of sp³-hybridized carbons (Fsp3) is 0. The summed E-state index contributed by atoms with van der Waals surface area (Å²) in [7, 11) is -32.5. The minimum Gasteiger partial charge on any atom is -0.744 e. The first kappa shape index (κ1) is 46.0. The minimum atomic E-state index is -6.66. The number of hydrogen-bond donors (Lipinski definition) is 1. The van der Waals surface area contributed by atoms with Crippen molar-refractivity contribution in [2.45, 2.75) is 29.4 Å². The van der Waals surface area contributed by atoms with Gasteiger partial charge in [0, 0.05) is 4.90 Å². The molecule has 1 aromatic rings. The number of hydrogen-bond acceptors (Lipinski definition) is 16. The van der Waals surface area contributed by atoms with E-state index in [1.54, 1.807) is 0 Å². The maximum atomic E-state index is 11.3. The fourth-order valence-corrected chi connectivity index (χ4v) is 8.84. The van der Waals surface area contributed by atoms with E-state index in [1.807, 2.05) is 0 Å². The monoisotopic (exact) mass is 620 g/mol. The molecular formula is C6HNa5O15S6. The standard InChI is InChI=1S/C6H6O15S6.5Na/c7-23(8,9)2-1(22)3(24(10,11)12)5(26(16,17)18)6(27(19,20)21)4(2)25(13,14)15;;;;;/h22H,(H,7,8,9)(H,10,11,12)(H,13,14,15)(H,16,17,18)(H,19,20,21);;;;;/q;5*+1/p-5. The van der Waals surface area contributed by atoms with Gasteiger partial charge in [-0.25, -0.2) is 42.1 Å². The van der Waals surface area contributed by atoms with Crippen molar-refractivity contribution in [1.82, 2.24) is 0 Å². The van der Waals surface area contributed by atoms with Crippen LogP contribution in [0.4, 0.5) is 0 Å². The molecule has 0 atom stereocenters. The van der Waals surface area contributed by atoms with Gasteiger partial charge in [-0.3, -0.25) is 0 Å². The Hall–Kier alpha value is 4.12. The zero-order valence-corrected chi connectivity index (χ0v) is 31.6. The van der Waals surface area contributed by atoms with Crippen molar-refractivity contribution >= 4 is 63.2 Å². The molecule has 1 rings (SSSR count). The molecule has 0 unspecified atom stereocenters. The van der Waals surface area contributed by atoms with Gasteiger partial charge in [-0.1, -0.05) is 0 Å². The van der Waals surface area contributed by atoms with Crippen LogP contribution in [-0.4, -0.2) is 64.9 Å². The molecule has 0 spiro atoms. The van der Waals surface area contributed by atoms with Gasteiger partial charge in [-0.05, 0) is 0 Å². The van der Waals surface area contributed by atoms with Crippen LogP contribution < -0.4 is 148 Å². The first-order valence-corrected chi connectivity index (χ1v) is 12.7. The molecule has 0 fully saturated rings. The Morgan fingerprint density at radius 2 is 0.500 bits per heavy atom. The molecule has 0 aliphatic carbocycles. The summed E-state index contributed by atoms with van der Waals surface area (Å²) in [6.45, 7) is 0. The van der Waals surface area contributed by atoms with Gasteiger partial charge in [-0.2, -0.15) is 0 Å². The second-order valence-corrected chi connectivity index (χ2v) is 11.3. The van der Waals surface area contributed by atoms with E-state index in [9.17, 15) is 64.9 Å². The van der Waals surface area contributed by atoms with Gasteiger partial charge in [-0.15, -0.1) is 12.6 Å². The smallest absolute Gasteiger partial charge is 0.744 e. The molecule has 0 amide bonds. The quantitative estimate of drug-likeness (QED) is 0.182. The normalized spacial score (nSPS) is 12.1. The minimum absolute atomic E-state index is 0. The molecule has 0 bridgehead atoms. The Labute approximate surface area is 299 Å². The third-order valence-corrected chi connectivity index (χ3v) is 8.31. The van der Waals surface area contributed by atoms with E-state index < -0.39 is 80.0 Å². The van der Waals surface area contributed by atoms with E-state index in [-0.39, 0.29) is 148 Å². The first-order valence-electron chi connectivity index (χ1n) is 5.24. The van der Waals surface area contributed by atoms with Crippen molar-refractivity contribution in [1.29, 1.82) is 0 Å². The summed E-state index contributed by atoms with van der Waals surface area (Å²) in [5, 5.41) is 0. The van der Waals surface area contributed by atoms with Crippen molar-refractivity contribution in [3.63, 3.8) is 0 Å². The maximum Gasteiger partial charge on any atom is 1.00 e. The van der Waals surface area contributed by atoms with Crippen LogP contribution in [0.1, 0.15) is 0 Å². The molecule has 156 valence electrons. The molecule has 26 heteroatoms. The van der Waals surface area contributed by atoms with Crippen molar-refractivity contribution < 1.29 is 213 Å². The van der Waals surface area contributed by atoms with Gasteiger partial charge in [0.05, 0.1) is 24.5 Å². The van der Waals surface area contributed by atoms with Crippen LogP contribution in [0.5, 0.6) is 0 Å². The van der Waals surface area contributed by atoms with Gasteiger partial charge in [0.1, 0.15) is 50.6 Å². The summed E-state index contributed by atoms with van der Waals surface area (Å²) >= 11 is 2.98. The van der Waals surface area contributed by atoms with Gasteiger partial charge < -0.3 is 22.8 Å². The second-order valence-electron chi connectivity index (χ2n) is 4.26. The Morgan fingerprint density at radius 3 is 0.625 bits per heavy atom. The summed E-state index contributed by atoms with van der Waals surface area (Å²) in [4.78, 5) is -16.1. The Bertz CT molecular complexity index is 1290. The SMILES string of the molecule is O=S(=O)([O-])c1c(S)c(S(=O)(=O)[O-])c(S(=O)(=O)[O-])c(S(=O)(=O)[O-])c1S(=O)(=O)[O-].[Na+].[Na+].[Na+].[Na+].[Na+]. The van der Waals surface area contributed by atoms with Crippen molar-refractivity contribution in [2.75, 3.05) is 0 Å². The van der Waals surface area contributed by atoms with Crippen LogP contribution in [0.25, 0.3) is 0 Å². The molecule has 0 radical (unpaired) electrons. The summed E-state index contributed by atoms with van der Waals surface area (Å²) in [5.74, 6) is 0. The molecule has 0 aromatic heterocycles. The molecular weight excluding hydrogens is 619 g/mol. The van der Waals surface area contributed by atoms with Crippen LogP contribution in [-0.2, 0) is 50.6 Å². The topological polar surface area (TPSA) is 286 Å². The van der Waals surface area contributed by atoms with Gasteiger partial charge in [0.15, 0.2) is 0 Å². The fourth-order valence-electron chi connectivity index (χ4n) is 1.77. The van der Waals surface area contributed by atoms with Gasteiger partial charge in [0.25, 0.3) is 0 Å². The zero-order chi connectivity index (χ0) is 22.0. The van der Waals surface area contributed by atoms with E-state index in [4.69, 9.17) is 0 Å². The molecule has 0 aliphatic rings. The summed E-state index contributed by atoms with van der Waals surface area (Å²) in [6, 6.07) is 0. The maximum absolute atomic E-state index is 11.3. The Morgan fingerprint density at radius 1 is 0.375 bits per heavy atom. The van der Waals surface area contributed by atoms with E-state index in [0.29, 0.717) is 0 Å². The largest absolute Gasteiger partial charge is 1.00 e. The zero-order valence-electron chi connectivity index (χ0n) is 16.6. The van der Waals surface area contributed by atoms with E-state index in [0.717, 1.165) is 0 Å². The van der Waals surface area contributed by atoms with E-state index >= 15 is 0 Å². The van der Waals surface area contributed by atoms with Crippen molar-refractivity contribution in [3.05, 3.63) is 0 Å². The average Bonchev–Trinajstić information content (AvgIpc) is 2.29. The summed E-state index contributed by atoms with van der Waals surface area (Å²) in [5.41, 5.74) is 0. The summed E-state index contributed by atoms with van der Waals surface area (Å²) < 4.78 is 168. The van der Waals surface area contributed by atoms with Crippen LogP contribution in [0.2, 0.25) is 0 Å². The molecule has 0 heterocycles. The van der Waals surface area contributed by atoms with Crippen molar-refractivity contribution in [3.8, 4) is 0 Å². The molecule has 0 N–H and O–H groups in total. The number of rotatable bonds is 5. The van der Waals surface area contributed by atoms with Crippen LogP contribution in [0.15, 0.2) is 29.4 Å². The third kappa shape index (κ3) is 11.1. The first-order chi connectivity index (χ1) is 11.5. The Kier molecular flexibility index (Phi) is 21.6. The van der Waals surface area contributed by atoms with Crippen LogP contribution in [0.3, 0.4) is 0 Å². The Balaban J connectivity index is -0.000000486.